The van der Waals surface area contributed by atoms with E-state index in [1.54, 1.807) is 11.8 Å². The van der Waals surface area contributed by atoms with Crippen molar-refractivity contribution in [1.82, 2.24) is 4.90 Å². The van der Waals surface area contributed by atoms with Crippen LogP contribution in [0.3, 0.4) is 0 Å². The molecule has 1 aliphatic rings. The van der Waals surface area contributed by atoms with Crippen molar-refractivity contribution in [2.45, 2.75) is 26.3 Å². The van der Waals surface area contributed by atoms with E-state index in [0.29, 0.717) is 6.54 Å². The van der Waals surface area contributed by atoms with Gasteiger partial charge in [-0.2, -0.15) is 0 Å². The van der Waals surface area contributed by atoms with Crippen LogP contribution in [0.2, 0.25) is 0 Å². The fourth-order valence-electron chi connectivity index (χ4n) is 1.75. The van der Waals surface area contributed by atoms with Gasteiger partial charge >= 0.3 is 0 Å². The van der Waals surface area contributed by atoms with Crippen LogP contribution in [0.4, 0.5) is 5.69 Å². The summed E-state index contributed by atoms with van der Waals surface area (Å²) in [5.41, 5.74) is 2.33. The van der Waals surface area contributed by atoms with Crippen molar-refractivity contribution in [3.63, 3.8) is 0 Å². The van der Waals surface area contributed by atoms with Gasteiger partial charge in [-0.3, -0.25) is 4.79 Å². The lowest BCUT2D eigenvalue weighted by Gasteiger charge is -2.15. The van der Waals surface area contributed by atoms with Crippen molar-refractivity contribution in [2.75, 3.05) is 18.9 Å². The summed E-state index contributed by atoms with van der Waals surface area (Å²) in [7, 11) is 1.83. The first kappa shape index (κ1) is 12.0. The lowest BCUT2D eigenvalue weighted by atomic mass is 10.2. The molecule has 0 spiro atoms. The van der Waals surface area contributed by atoms with Crippen LogP contribution in [0.25, 0.3) is 0 Å². The van der Waals surface area contributed by atoms with Gasteiger partial charge in [-0.05, 0) is 36.5 Å². The molecule has 0 unspecified atom stereocenters. The summed E-state index contributed by atoms with van der Waals surface area (Å²) in [6, 6.07) is 8.31. The highest BCUT2D eigenvalue weighted by Crippen LogP contribution is 2.29. The summed E-state index contributed by atoms with van der Waals surface area (Å²) < 4.78 is 0. The smallest absolute Gasteiger partial charge is 0.219 e. The Bertz CT molecular complexity index is 399. The van der Waals surface area contributed by atoms with E-state index < -0.39 is 0 Å². The van der Waals surface area contributed by atoms with Crippen molar-refractivity contribution in [3.05, 3.63) is 29.8 Å². The Morgan fingerprint density at radius 3 is 2.88 bits per heavy atom. The Labute approximate surface area is 103 Å². The van der Waals surface area contributed by atoms with Gasteiger partial charge in [-0.15, -0.1) is 0 Å². The lowest BCUT2D eigenvalue weighted by Crippen LogP contribution is -2.23. The molecule has 0 heterocycles. The first-order valence-electron chi connectivity index (χ1n) is 6.19. The summed E-state index contributed by atoms with van der Waals surface area (Å²) in [6.45, 7) is 3.34. The number of hydrogen-bond donors (Lipinski definition) is 1. The maximum absolute atomic E-state index is 11.2. The van der Waals surface area contributed by atoms with Gasteiger partial charge < -0.3 is 10.2 Å². The van der Waals surface area contributed by atoms with Gasteiger partial charge in [0.25, 0.3) is 0 Å². The van der Waals surface area contributed by atoms with Crippen LogP contribution in [0.15, 0.2) is 24.3 Å². The topological polar surface area (TPSA) is 32.3 Å². The first-order chi connectivity index (χ1) is 8.15. The third-order valence-corrected chi connectivity index (χ3v) is 3.18. The summed E-state index contributed by atoms with van der Waals surface area (Å²) >= 11 is 0. The number of nitrogens with zero attached hydrogens (tertiary/aromatic N) is 1. The van der Waals surface area contributed by atoms with Crippen LogP contribution in [0, 0.1) is 5.92 Å². The zero-order valence-corrected chi connectivity index (χ0v) is 10.6. The molecular weight excluding hydrogens is 212 g/mol. The van der Waals surface area contributed by atoms with E-state index in [1.807, 2.05) is 13.1 Å². The minimum atomic E-state index is 0.0985. The normalized spacial score (nSPS) is 14.5. The molecule has 3 heteroatoms. The van der Waals surface area contributed by atoms with E-state index in [0.717, 1.165) is 18.2 Å². The average Bonchev–Trinajstić information content (AvgIpc) is 3.10. The first-order valence-corrected chi connectivity index (χ1v) is 6.19. The van der Waals surface area contributed by atoms with Crippen LogP contribution in [0.1, 0.15) is 25.3 Å². The average molecular weight is 232 g/mol. The van der Waals surface area contributed by atoms with Gasteiger partial charge in [-0.25, -0.2) is 0 Å². The highest BCUT2D eigenvalue weighted by Gasteiger charge is 2.20. The van der Waals surface area contributed by atoms with E-state index >= 15 is 0 Å². The van der Waals surface area contributed by atoms with Crippen LogP contribution < -0.4 is 5.32 Å². The number of hydrogen-bond acceptors (Lipinski definition) is 2. The zero-order chi connectivity index (χ0) is 12.3. The van der Waals surface area contributed by atoms with Crippen LogP contribution >= 0.6 is 0 Å². The number of carbonyl (C=O) groups is 1. The fourth-order valence-corrected chi connectivity index (χ4v) is 1.75. The standard InChI is InChI=1S/C14H20N2O/c1-11(17)16(2)10-13-4-3-5-14(8-13)15-9-12-6-7-12/h3-5,8,12,15H,6-7,9-10H2,1-2H3. The van der Waals surface area contributed by atoms with Crippen molar-refractivity contribution in [1.29, 1.82) is 0 Å². The Kier molecular flexibility index (Phi) is 3.67. The molecule has 0 atom stereocenters. The lowest BCUT2D eigenvalue weighted by molar-refractivity contribution is -0.128. The molecule has 1 amide bonds. The van der Waals surface area contributed by atoms with E-state index in [4.69, 9.17) is 0 Å². The van der Waals surface area contributed by atoms with Crippen LogP contribution in [-0.2, 0) is 11.3 Å². The summed E-state index contributed by atoms with van der Waals surface area (Å²) in [5.74, 6) is 0.972. The summed E-state index contributed by atoms with van der Waals surface area (Å²) in [5, 5.41) is 3.45. The third-order valence-electron chi connectivity index (χ3n) is 3.18. The Hall–Kier alpha value is -1.51. The highest BCUT2D eigenvalue weighted by molar-refractivity contribution is 5.72. The molecule has 1 fully saturated rings. The van der Waals surface area contributed by atoms with E-state index in [9.17, 15) is 4.79 Å². The summed E-state index contributed by atoms with van der Waals surface area (Å²) in [4.78, 5) is 12.9. The molecule has 1 saturated carbocycles. The SMILES string of the molecule is CC(=O)N(C)Cc1cccc(NCC2CC2)c1. The van der Waals surface area contributed by atoms with Gasteiger partial charge in [0.2, 0.25) is 5.91 Å². The van der Waals surface area contributed by atoms with Crippen LogP contribution in [0.5, 0.6) is 0 Å². The number of amides is 1. The van der Waals surface area contributed by atoms with Gasteiger partial charge in [0.15, 0.2) is 0 Å². The number of anilines is 1. The maximum Gasteiger partial charge on any atom is 0.219 e. The molecule has 0 bridgehead atoms. The molecule has 92 valence electrons. The molecule has 0 aliphatic heterocycles. The predicted octanol–water partition coefficient (Wildman–Crippen LogP) is 2.49. The molecule has 0 aromatic heterocycles. The van der Waals surface area contributed by atoms with Crippen molar-refractivity contribution in [2.24, 2.45) is 5.92 Å². The maximum atomic E-state index is 11.2. The molecule has 2 rings (SSSR count). The third kappa shape index (κ3) is 3.77. The Morgan fingerprint density at radius 2 is 2.24 bits per heavy atom. The van der Waals surface area contributed by atoms with E-state index in [1.165, 1.54) is 18.4 Å². The number of benzene rings is 1. The van der Waals surface area contributed by atoms with E-state index in [2.05, 4.69) is 23.5 Å². The number of rotatable bonds is 5. The molecule has 3 nitrogen and oxygen atoms in total. The van der Waals surface area contributed by atoms with E-state index in [-0.39, 0.29) is 5.91 Å². The molecule has 1 aromatic rings. The number of carbonyl (C=O) groups excluding carboxylic acids is 1. The monoisotopic (exact) mass is 232 g/mol. The van der Waals surface area contributed by atoms with Gasteiger partial charge in [0.1, 0.15) is 0 Å². The second-order valence-electron chi connectivity index (χ2n) is 4.90. The Balaban J connectivity index is 1.92. The molecule has 1 aromatic carbocycles. The molecule has 0 radical (unpaired) electrons. The van der Waals surface area contributed by atoms with Gasteiger partial charge in [0.05, 0.1) is 0 Å². The molecule has 1 aliphatic carbocycles. The van der Waals surface area contributed by atoms with Gasteiger partial charge in [0, 0.05) is 32.7 Å². The molecule has 17 heavy (non-hydrogen) atoms. The zero-order valence-electron chi connectivity index (χ0n) is 10.6. The van der Waals surface area contributed by atoms with Gasteiger partial charge in [-0.1, -0.05) is 12.1 Å². The minimum absolute atomic E-state index is 0.0985. The molecular formula is C14H20N2O. The van der Waals surface area contributed by atoms with Crippen molar-refractivity contribution >= 4 is 11.6 Å². The number of nitrogens with one attached hydrogen (secondary N) is 1. The quantitative estimate of drug-likeness (QED) is 0.846. The minimum Gasteiger partial charge on any atom is -0.385 e. The van der Waals surface area contributed by atoms with Crippen LogP contribution in [-0.4, -0.2) is 24.4 Å². The second-order valence-corrected chi connectivity index (χ2v) is 4.90. The van der Waals surface area contributed by atoms with Crippen molar-refractivity contribution < 1.29 is 4.79 Å². The molecule has 0 saturated heterocycles. The Morgan fingerprint density at radius 1 is 1.47 bits per heavy atom. The summed E-state index contributed by atoms with van der Waals surface area (Å²) in [6.07, 6.45) is 2.72. The molecule has 1 N–H and O–H groups in total. The fraction of sp³-hybridized carbons (Fsp3) is 0.500. The second kappa shape index (κ2) is 5.21. The predicted molar refractivity (Wildman–Crippen MR) is 69.8 cm³/mol. The highest BCUT2D eigenvalue weighted by atomic mass is 16.2. The van der Waals surface area contributed by atoms with Crippen molar-refractivity contribution in [3.8, 4) is 0 Å². The largest absolute Gasteiger partial charge is 0.385 e.